The van der Waals surface area contributed by atoms with Crippen molar-refractivity contribution >= 4 is 95.4 Å². The quantitative estimate of drug-likeness (QED) is 0.102. The monoisotopic (exact) mass is 844 g/mol. The van der Waals surface area contributed by atoms with E-state index in [2.05, 4.69) is 180 Å². The summed E-state index contributed by atoms with van der Waals surface area (Å²) in [6.45, 7) is 0. The van der Waals surface area contributed by atoms with Gasteiger partial charge in [0, 0.05) is 20.9 Å². The molecule has 1 aromatic heterocycles. The molecule has 0 spiro atoms. The van der Waals surface area contributed by atoms with Crippen molar-refractivity contribution in [3.63, 3.8) is 0 Å². The number of nitrogens with zero attached hydrogens (tertiary/aromatic N) is 1. The van der Waals surface area contributed by atoms with Gasteiger partial charge in [-0.1, -0.05) is 222 Å². The highest BCUT2D eigenvalue weighted by Gasteiger charge is 2.46. The third kappa shape index (κ3) is 5.87. The highest BCUT2D eigenvalue weighted by atomic mass is 79.9. The number of para-hydroxylation sites is 1. The van der Waals surface area contributed by atoms with Crippen LogP contribution >= 0.6 is 15.9 Å². The van der Waals surface area contributed by atoms with E-state index in [4.69, 9.17) is 4.11 Å². The first kappa shape index (κ1) is 29.0. The van der Waals surface area contributed by atoms with Crippen LogP contribution in [0.25, 0.3) is 27.5 Å². The molecule has 0 aliphatic carbocycles. The van der Waals surface area contributed by atoms with Crippen LogP contribution in [0.2, 0.25) is 0 Å². The van der Waals surface area contributed by atoms with Crippen molar-refractivity contribution in [2.24, 2.45) is 0 Å². The summed E-state index contributed by atoms with van der Waals surface area (Å²) in [4.78, 5) is 0. The lowest BCUT2D eigenvalue weighted by Gasteiger charge is -2.38. The lowest BCUT2D eigenvalue weighted by atomic mass is 10.2. The minimum Gasteiger partial charge on any atom is -0.309 e. The maximum Gasteiger partial charge on any atom is 0.179 e. The summed E-state index contributed by atoms with van der Waals surface area (Å²) in [5.74, 6) is 0. The van der Waals surface area contributed by atoms with E-state index in [-0.39, 0.29) is 56.5 Å². The van der Waals surface area contributed by atoms with E-state index in [1.54, 1.807) is 4.57 Å². The predicted octanol–water partition coefficient (Wildman–Crippen LogP) is 8.30. The summed E-state index contributed by atoms with van der Waals surface area (Å²) in [5.41, 5.74) is 0.883. The number of fused-ring (bicyclic) bond motifs is 3. The summed E-state index contributed by atoms with van der Waals surface area (Å²) < 4.78 is 66.8. The van der Waals surface area contributed by atoms with E-state index in [0.717, 1.165) is 41.5 Å². The molecule has 1 nitrogen and oxygen atoms in total. The molecule has 1 heterocycles. The number of aromatic nitrogens is 1. The molecule has 58 heavy (non-hydrogen) atoms. The molecule has 0 amide bonds. The molecule has 0 N–H and O–H groups in total. The van der Waals surface area contributed by atoms with Crippen LogP contribution in [-0.4, -0.2) is 20.7 Å². The lowest BCUT2D eigenvalue weighted by Crippen LogP contribution is -2.78. The minimum absolute atomic E-state index is 0.0863. The zero-order valence-electron chi connectivity index (χ0n) is 38.4. The lowest BCUT2D eigenvalue weighted by molar-refractivity contribution is 1.19. The summed E-state index contributed by atoms with van der Waals surface area (Å²) in [6, 6.07) is 68.5. The fourth-order valence-electron chi connectivity index (χ4n) is 9.05. The Morgan fingerprint density at radius 2 is 0.707 bits per heavy atom. The van der Waals surface area contributed by atoms with Crippen LogP contribution in [0, 0.1) is 0 Å². The zero-order chi connectivity index (χ0) is 45.0. The van der Waals surface area contributed by atoms with Gasteiger partial charge in [-0.2, -0.15) is 0 Å². The van der Waals surface area contributed by atoms with Crippen molar-refractivity contribution in [1.29, 1.82) is 0 Å². The molecule has 0 saturated carbocycles. The Morgan fingerprint density at radius 1 is 0.362 bits per heavy atom. The molecule has 0 aliphatic heterocycles. The highest BCUT2D eigenvalue weighted by Crippen LogP contribution is 2.34. The summed E-state index contributed by atoms with van der Waals surface area (Å²) in [6.07, 6.45) is 0. The predicted molar refractivity (Wildman–Crippen MR) is 256 cm³/mol. The smallest absolute Gasteiger partial charge is 0.179 e. The molecule has 10 rings (SSSR count). The normalized spacial score (nSPS) is 13.6. The van der Waals surface area contributed by atoms with Gasteiger partial charge in [0.1, 0.15) is 0 Å². The van der Waals surface area contributed by atoms with Crippen molar-refractivity contribution in [3.05, 3.63) is 247 Å². The fourth-order valence-corrected chi connectivity index (χ4v) is 19.1. The first-order valence-electron chi connectivity index (χ1n) is 22.8. The van der Waals surface area contributed by atoms with Crippen LogP contribution in [0.5, 0.6) is 0 Å². The average molecular weight is 846 g/mol. The van der Waals surface area contributed by atoms with Crippen LogP contribution in [-0.2, 0) is 0 Å². The van der Waals surface area contributed by atoms with E-state index in [0.29, 0.717) is 5.69 Å². The first-order chi connectivity index (χ1) is 31.6. The third-order valence-electron chi connectivity index (χ3n) is 11.4. The second kappa shape index (κ2) is 15.2. The Bertz CT molecular complexity index is 2980. The zero-order valence-corrected chi connectivity index (χ0v) is 35.0. The van der Waals surface area contributed by atoms with Gasteiger partial charge in [-0.05, 0) is 77.8 Å². The van der Waals surface area contributed by atoms with E-state index in [1.165, 1.54) is 0 Å². The van der Waals surface area contributed by atoms with Gasteiger partial charge >= 0.3 is 0 Å². The minimum atomic E-state index is -3.35. The molecule has 0 unspecified atom stereocenters. The number of rotatable bonds is 9. The maximum absolute atomic E-state index is 9.64. The van der Waals surface area contributed by atoms with Crippen molar-refractivity contribution in [3.8, 4) is 5.69 Å². The Morgan fingerprint density at radius 3 is 1.09 bits per heavy atom. The fraction of sp³-hybridized carbons (Fsp3) is 0. The summed E-state index contributed by atoms with van der Waals surface area (Å²) in [5, 5.41) is 9.20. The number of halogens is 1. The molecule has 0 fully saturated rings. The molecule has 0 saturated heterocycles. The highest BCUT2D eigenvalue weighted by molar-refractivity contribution is 9.10. The molecular formula is C54H40BrNSi2. The number of hydrogen-bond donors (Lipinski definition) is 0. The van der Waals surface area contributed by atoms with Gasteiger partial charge in [-0.15, -0.1) is 0 Å². The van der Waals surface area contributed by atoms with Crippen molar-refractivity contribution < 1.29 is 9.60 Å². The van der Waals surface area contributed by atoms with Crippen LogP contribution < -0.4 is 41.5 Å². The standard InChI is InChI=1S/C54H40BrNSi2/c55-41-35-36-54-52(37-41)51-33-19-20-34-53(51)56(54)42-38-49(57(43-21-7-1-8-22-43,44-23-9-2-10-24-44)45-25-11-3-12-26-45)40-50(39-42)58(46-27-13-4-14-28-46,47-29-15-5-16-30-47)48-31-17-6-18-32-48/h1-40H/i19D,20D,33D,34D,35D,36D,37D. The molecule has 0 atom stereocenters. The van der Waals surface area contributed by atoms with E-state index < -0.39 is 28.2 Å². The molecule has 276 valence electrons. The molecule has 0 radical (unpaired) electrons. The van der Waals surface area contributed by atoms with Crippen molar-refractivity contribution in [2.75, 3.05) is 0 Å². The molecular weight excluding hydrogens is 799 g/mol. The van der Waals surface area contributed by atoms with Crippen molar-refractivity contribution in [2.45, 2.75) is 0 Å². The van der Waals surface area contributed by atoms with Gasteiger partial charge in [0.25, 0.3) is 0 Å². The Kier molecular flexibility index (Phi) is 7.61. The largest absolute Gasteiger partial charge is 0.309 e. The average Bonchev–Trinajstić information content (AvgIpc) is 3.73. The van der Waals surface area contributed by atoms with E-state index in [9.17, 15) is 5.48 Å². The van der Waals surface area contributed by atoms with Gasteiger partial charge in [0.15, 0.2) is 16.1 Å². The Labute approximate surface area is 360 Å². The SMILES string of the molecule is [2H]c1c([2H])c([2H])c2c(c1[2H])c1c([2H])c(Br)c([2H])c([2H])c1n2-c1cc([Si](c2ccccc2)(c2ccccc2)c2ccccc2)cc([Si](c2ccccc2)(c2ccccc2)c2ccccc2)c1. The van der Waals surface area contributed by atoms with Gasteiger partial charge in [-0.25, -0.2) is 0 Å². The second-order valence-electron chi connectivity index (χ2n) is 14.4. The number of benzene rings is 9. The van der Waals surface area contributed by atoms with Crippen LogP contribution in [0.3, 0.4) is 0 Å². The number of hydrogen-bond acceptors (Lipinski definition) is 0. The van der Waals surface area contributed by atoms with Crippen LogP contribution in [0.4, 0.5) is 0 Å². The molecule has 0 bridgehead atoms. The van der Waals surface area contributed by atoms with Crippen LogP contribution in [0.1, 0.15) is 9.60 Å². The van der Waals surface area contributed by atoms with Crippen LogP contribution in [0.15, 0.2) is 247 Å². The third-order valence-corrected chi connectivity index (χ3v) is 21.3. The Balaban J connectivity index is 1.51. The molecule has 4 heteroatoms. The van der Waals surface area contributed by atoms with Gasteiger partial charge in [0.05, 0.1) is 20.6 Å². The maximum atomic E-state index is 9.64. The van der Waals surface area contributed by atoms with Crippen molar-refractivity contribution in [1.82, 2.24) is 4.57 Å². The topological polar surface area (TPSA) is 4.93 Å². The molecule has 9 aromatic carbocycles. The van der Waals surface area contributed by atoms with E-state index >= 15 is 0 Å². The summed E-state index contributed by atoms with van der Waals surface area (Å²) >= 11 is 3.42. The summed E-state index contributed by atoms with van der Waals surface area (Å²) in [7, 11) is -6.70. The second-order valence-corrected chi connectivity index (χ2v) is 22.8. The van der Waals surface area contributed by atoms with Gasteiger partial charge in [-0.3, -0.25) is 0 Å². The van der Waals surface area contributed by atoms with Gasteiger partial charge in [0.2, 0.25) is 0 Å². The Hall–Kier alpha value is -6.31. The first-order valence-corrected chi connectivity index (χ1v) is 24.1. The molecule has 10 aromatic rings. The van der Waals surface area contributed by atoms with E-state index in [1.807, 2.05) is 36.4 Å². The molecule has 0 aliphatic rings. The van der Waals surface area contributed by atoms with Gasteiger partial charge < -0.3 is 4.57 Å².